The van der Waals surface area contributed by atoms with Gasteiger partial charge in [0.05, 0.1) is 44.2 Å². The number of epoxide rings is 1. The van der Waals surface area contributed by atoms with Gasteiger partial charge in [0.2, 0.25) is 0 Å². The first-order valence-electron chi connectivity index (χ1n) is 29.9. The Kier molecular flexibility index (Phi) is 48.0. The maximum Gasteiger partial charge on any atom is 0.303 e. The van der Waals surface area contributed by atoms with E-state index in [1.54, 1.807) is 38.5 Å². The highest BCUT2D eigenvalue weighted by Gasteiger charge is 2.49. The molecule has 3 saturated heterocycles. The monoisotopic (exact) mass is 995 g/mol. The molecule has 12 unspecified atom stereocenters. The van der Waals surface area contributed by atoms with Gasteiger partial charge in [-0.3, -0.25) is 9.59 Å². The first-order chi connectivity index (χ1) is 33.0. The Morgan fingerprint density at radius 3 is 1.24 bits per heavy atom. The van der Waals surface area contributed by atoms with Crippen molar-refractivity contribution in [2.24, 2.45) is 47.3 Å². The fraction of sp³-hybridized carbons (Fsp3) is 0.937. The number of esters is 2. The van der Waals surface area contributed by atoms with Crippen molar-refractivity contribution < 1.29 is 33.3 Å². The predicted octanol–water partition coefficient (Wildman–Crippen LogP) is 19.2. The number of carbonyl (C=O) groups excluding carboxylic acids is 2. The van der Waals surface area contributed by atoms with Crippen LogP contribution in [0.15, 0.2) is 12.2 Å². The summed E-state index contributed by atoms with van der Waals surface area (Å²) in [6, 6.07) is 0. The maximum atomic E-state index is 10.2. The lowest BCUT2D eigenvalue weighted by molar-refractivity contribution is -0.152. The first-order valence-corrected chi connectivity index (χ1v) is 29.9. The fourth-order valence-corrected chi connectivity index (χ4v) is 11.0. The molecule has 7 fully saturated rings. The Bertz CT molecular complexity index is 1130. The van der Waals surface area contributed by atoms with Gasteiger partial charge in [0, 0.05) is 25.7 Å². The van der Waals surface area contributed by atoms with Gasteiger partial charge in [-0.05, 0) is 120 Å². The van der Waals surface area contributed by atoms with Crippen molar-refractivity contribution >= 4 is 11.9 Å². The fourth-order valence-electron chi connectivity index (χ4n) is 11.0. The van der Waals surface area contributed by atoms with E-state index in [2.05, 4.69) is 93.1 Å². The van der Waals surface area contributed by atoms with E-state index in [0.29, 0.717) is 42.9 Å². The lowest BCUT2D eigenvalue weighted by atomic mass is 9.75. The largest absolute Gasteiger partial charge is 0.466 e. The van der Waals surface area contributed by atoms with Gasteiger partial charge in [-0.2, -0.15) is 0 Å². The van der Waals surface area contributed by atoms with E-state index in [-0.39, 0.29) is 25.0 Å². The van der Waals surface area contributed by atoms with Crippen LogP contribution in [0.4, 0.5) is 0 Å². The van der Waals surface area contributed by atoms with Crippen LogP contribution in [0.25, 0.3) is 0 Å². The molecule has 12 atom stereocenters. The van der Waals surface area contributed by atoms with Gasteiger partial charge in [-0.25, -0.2) is 0 Å². The summed E-state index contributed by atoms with van der Waals surface area (Å²) in [5.74, 6) is 7.57. The molecule has 420 valence electrons. The van der Waals surface area contributed by atoms with Crippen LogP contribution in [0.5, 0.6) is 0 Å². The summed E-state index contributed by atoms with van der Waals surface area (Å²) < 4.78 is 26.2. The molecule has 3 heterocycles. The quantitative estimate of drug-likeness (QED) is 0.0699. The Morgan fingerprint density at radius 2 is 0.957 bits per heavy atom. The molecule has 4 aliphatic carbocycles. The molecule has 2 bridgehead atoms. The molecule has 0 aromatic carbocycles. The molecule has 7 heteroatoms. The van der Waals surface area contributed by atoms with Crippen LogP contribution in [0.1, 0.15) is 286 Å². The van der Waals surface area contributed by atoms with Gasteiger partial charge in [0.15, 0.2) is 0 Å². The molecule has 0 N–H and O–H groups in total. The first kappa shape index (κ1) is 72.8. The van der Waals surface area contributed by atoms with Crippen LogP contribution in [0.3, 0.4) is 0 Å². The predicted molar refractivity (Wildman–Crippen MR) is 305 cm³/mol. The molecular formula is C63H126O7. The van der Waals surface area contributed by atoms with Gasteiger partial charge in [0.25, 0.3) is 0 Å². The Morgan fingerprint density at radius 1 is 0.557 bits per heavy atom. The normalized spacial score (nSPS) is 28.6. The minimum absolute atomic E-state index is 0. The zero-order chi connectivity index (χ0) is 52.6. The van der Waals surface area contributed by atoms with Gasteiger partial charge in [-0.1, -0.05) is 199 Å². The smallest absolute Gasteiger partial charge is 0.303 e. The third-order valence-electron chi connectivity index (χ3n) is 14.4. The van der Waals surface area contributed by atoms with Crippen molar-refractivity contribution in [2.75, 3.05) is 19.8 Å². The maximum absolute atomic E-state index is 10.2. The topological polar surface area (TPSA) is 83.6 Å². The molecule has 4 saturated carbocycles. The van der Waals surface area contributed by atoms with Gasteiger partial charge < -0.3 is 23.7 Å². The number of ether oxygens (including phenoxy) is 5. The van der Waals surface area contributed by atoms with E-state index in [0.717, 1.165) is 37.9 Å². The summed E-state index contributed by atoms with van der Waals surface area (Å²) in [6.07, 6.45) is 39.7. The van der Waals surface area contributed by atoms with Crippen LogP contribution in [0.2, 0.25) is 0 Å². The summed E-state index contributed by atoms with van der Waals surface area (Å²) in [6.45, 7) is 39.0. The van der Waals surface area contributed by atoms with E-state index >= 15 is 0 Å². The molecule has 7 rings (SSSR count). The summed E-state index contributed by atoms with van der Waals surface area (Å²) in [4.78, 5) is 20.3. The van der Waals surface area contributed by atoms with Crippen molar-refractivity contribution in [1.82, 2.24) is 0 Å². The van der Waals surface area contributed by atoms with Crippen LogP contribution >= 0.6 is 0 Å². The lowest BCUT2D eigenvalue weighted by Gasteiger charge is -2.28. The summed E-state index contributed by atoms with van der Waals surface area (Å²) in [5.41, 5.74) is -0.328. The second kappa shape index (κ2) is 46.1. The molecule has 0 spiro atoms. The third kappa shape index (κ3) is 34.9. The average molecular weight is 996 g/mol. The van der Waals surface area contributed by atoms with Crippen molar-refractivity contribution in [1.29, 1.82) is 0 Å². The lowest BCUT2D eigenvalue weighted by Crippen LogP contribution is -2.24. The zero-order valence-electron chi connectivity index (χ0n) is 49.5. The Balaban J connectivity index is -0.000000741. The Labute approximate surface area is 439 Å². The van der Waals surface area contributed by atoms with Gasteiger partial charge in [0.1, 0.15) is 5.60 Å². The summed E-state index contributed by atoms with van der Waals surface area (Å²) in [7, 11) is 0. The summed E-state index contributed by atoms with van der Waals surface area (Å²) >= 11 is 0. The molecule has 0 aromatic rings. The standard InChI is InChI=1S/C12H22O.C10H16.C8H14O2.C8H16.2C6H12O2.2C5H12.C2H6.CH4/c1-3-5-9-7-11-12(13-11)8-10(9)6-4-2;1-2-9-7-4-5-8(6-7)10(9)3-1;1-5-3-9-8-6(2)4-10-7(5)8;1-3-5-7-8-6-4-2;1-5(7)8-6(2,3)4;1-3-4-5-8-6(2)7;2*1-3-5-4-2;1-2;/h9-12H,3-8H2,1-2H3;7-10H,1-6H2;5-8H,3-4H2,1-2H3;7-8H,3-6H2,1-2H3;1-4H3;3-5H2,1-2H3;2*3-5H2,1-2H3;1-2H3;1H4/b;;;8-7-;;;;;;. The van der Waals surface area contributed by atoms with Crippen molar-refractivity contribution in [2.45, 2.75) is 316 Å². The highest BCUT2D eigenvalue weighted by atomic mass is 16.6. The van der Waals surface area contributed by atoms with Crippen molar-refractivity contribution in [3.05, 3.63) is 12.2 Å². The average Bonchev–Trinajstić information content (AvgIpc) is 3.89. The SMILES string of the molecule is C.C1CC2C3CCC(C3)C2C1.CC.CC(=O)OC(C)(C)C.CC1COC2C(C)COC12.CCC/C=C\CCC.CCCC1CC2OC2CC1CCC.CCCCC.CCCCC.CCCCOC(C)=O. The number of hydrogen-bond acceptors (Lipinski definition) is 7. The third-order valence-corrected chi connectivity index (χ3v) is 14.4. The zero-order valence-corrected chi connectivity index (χ0v) is 49.5. The molecule has 7 aliphatic rings. The molecule has 0 amide bonds. The minimum Gasteiger partial charge on any atom is -0.466 e. The van der Waals surface area contributed by atoms with Crippen molar-refractivity contribution in [3.63, 3.8) is 0 Å². The number of hydrogen-bond donors (Lipinski definition) is 0. The highest BCUT2D eigenvalue weighted by molar-refractivity contribution is 5.66. The van der Waals surface area contributed by atoms with E-state index < -0.39 is 0 Å². The van der Waals surface area contributed by atoms with E-state index in [9.17, 15) is 9.59 Å². The van der Waals surface area contributed by atoms with Gasteiger partial charge >= 0.3 is 11.9 Å². The minimum atomic E-state index is -0.328. The van der Waals surface area contributed by atoms with Crippen molar-refractivity contribution in [3.8, 4) is 0 Å². The van der Waals surface area contributed by atoms with Crippen LogP contribution in [0, 0.1) is 47.3 Å². The molecule has 0 radical (unpaired) electrons. The highest BCUT2D eigenvalue weighted by Crippen LogP contribution is 2.58. The number of carbonyl (C=O) groups is 2. The molecular weight excluding hydrogens is 869 g/mol. The summed E-state index contributed by atoms with van der Waals surface area (Å²) in [5, 5.41) is 0. The molecule has 70 heavy (non-hydrogen) atoms. The second-order valence-electron chi connectivity index (χ2n) is 22.1. The van der Waals surface area contributed by atoms with E-state index in [4.69, 9.17) is 18.9 Å². The molecule has 7 nitrogen and oxygen atoms in total. The Hall–Kier alpha value is -1.44. The second-order valence-corrected chi connectivity index (χ2v) is 22.1. The van der Waals surface area contributed by atoms with Gasteiger partial charge in [-0.15, -0.1) is 0 Å². The van der Waals surface area contributed by atoms with E-state index in [1.807, 2.05) is 34.6 Å². The molecule has 3 aliphatic heterocycles. The van der Waals surface area contributed by atoms with E-state index in [1.165, 1.54) is 140 Å². The number of allylic oxidation sites excluding steroid dienone is 2. The number of fused-ring (bicyclic) bond motifs is 7. The molecule has 0 aromatic heterocycles. The van der Waals surface area contributed by atoms with Crippen LogP contribution in [-0.2, 0) is 33.3 Å². The van der Waals surface area contributed by atoms with Crippen LogP contribution < -0.4 is 0 Å². The van der Waals surface area contributed by atoms with Crippen LogP contribution in [-0.4, -0.2) is 61.8 Å². The number of rotatable bonds is 15. The number of unbranched alkanes of at least 4 members (excludes halogenated alkanes) is 7.